The number of amides is 1. The lowest BCUT2D eigenvalue weighted by molar-refractivity contribution is 0.0779. The summed E-state index contributed by atoms with van der Waals surface area (Å²) in [6.07, 6.45) is 4.42. The second-order valence-electron chi connectivity index (χ2n) is 4.12. The fourth-order valence-corrected chi connectivity index (χ4v) is 2.51. The summed E-state index contributed by atoms with van der Waals surface area (Å²) in [5, 5.41) is 0.957. The van der Waals surface area contributed by atoms with Gasteiger partial charge in [-0.05, 0) is 13.3 Å². The molecule has 2 aromatic rings. The molecule has 96 valence electrons. The van der Waals surface area contributed by atoms with Crippen LogP contribution in [0.2, 0.25) is 0 Å². The molecule has 2 heterocycles. The van der Waals surface area contributed by atoms with Crippen molar-refractivity contribution in [1.82, 2.24) is 19.9 Å². The maximum absolute atomic E-state index is 12.1. The molecule has 0 aliphatic rings. The summed E-state index contributed by atoms with van der Waals surface area (Å²) < 4.78 is 0. The lowest BCUT2D eigenvalue weighted by atomic mass is 10.4. The number of carbonyl (C=O) groups is 1. The third kappa shape index (κ3) is 2.76. The standard InChI is InChI=1S/C12H16N4OS/c1-4-9-5-14-11(18-9)7-16(3)12(17)10-6-13-8(2)15-10/h5-6H,4,7H2,1-3H3,(H,13,15). The summed E-state index contributed by atoms with van der Waals surface area (Å²) in [5.74, 6) is 0.679. The minimum absolute atomic E-state index is 0.0659. The van der Waals surface area contributed by atoms with Crippen LogP contribution in [0.25, 0.3) is 0 Å². The molecule has 0 bridgehead atoms. The molecule has 2 rings (SSSR count). The smallest absolute Gasteiger partial charge is 0.272 e. The van der Waals surface area contributed by atoms with Gasteiger partial charge in [0.15, 0.2) is 0 Å². The van der Waals surface area contributed by atoms with E-state index in [1.807, 2.05) is 13.1 Å². The molecule has 0 aliphatic carbocycles. The van der Waals surface area contributed by atoms with E-state index in [0.29, 0.717) is 12.2 Å². The molecule has 18 heavy (non-hydrogen) atoms. The molecule has 1 N–H and O–H groups in total. The van der Waals surface area contributed by atoms with Gasteiger partial charge in [-0.1, -0.05) is 6.92 Å². The Bertz CT molecular complexity index is 546. The number of rotatable bonds is 4. The van der Waals surface area contributed by atoms with E-state index in [2.05, 4.69) is 21.9 Å². The van der Waals surface area contributed by atoms with Crippen molar-refractivity contribution < 1.29 is 4.79 Å². The third-order valence-electron chi connectivity index (χ3n) is 2.60. The van der Waals surface area contributed by atoms with E-state index < -0.39 is 0 Å². The van der Waals surface area contributed by atoms with Crippen molar-refractivity contribution in [3.05, 3.63) is 33.8 Å². The molecule has 0 saturated carbocycles. The molecule has 0 fully saturated rings. The van der Waals surface area contributed by atoms with Crippen molar-refractivity contribution in [1.29, 1.82) is 0 Å². The largest absolute Gasteiger partial charge is 0.338 e. The molecule has 1 amide bonds. The van der Waals surface area contributed by atoms with Gasteiger partial charge >= 0.3 is 0 Å². The molecule has 5 nitrogen and oxygen atoms in total. The molecule has 0 aromatic carbocycles. The van der Waals surface area contributed by atoms with Crippen LogP contribution in [0, 0.1) is 6.92 Å². The highest BCUT2D eigenvalue weighted by Gasteiger charge is 2.15. The van der Waals surface area contributed by atoms with E-state index in [1.54, 1.807) is 29.5 Å². The number of nitrogens with one attached hydrogen (secondary N) is 1. The Balaban J connectivity index is 2.03. The van der Waals surface area contributed by atoms with Gasteiger partial charge in [0.25, 0.3) is 5.91 Å². The van der Waals surface area contributed by atoms with Crippen LogP contribution < -0.4 is 0 Å². The van der Waals surface area contributed by atoms with Gasteiger partial charge in [0.2, 0.25) is 0 Å². The van der Waals surface area contributed by atoms with Gasteiger partial charge in [0.05, 0.1) is 12.7 Å². The van der Waals surface area contributed by atoms with Crippen LogP contribution in [0.15, 0.2) is 12.4 Å². The van der Waals surface area contributed by atoms with E-state index in [-0.39, 0.29) is 5.91 Å². The molecule has 0 radical (unpaired) electrons. The summed E-state index contributed by atoms with van der Waals surface area (Å²) in [5.41, 5.74) is 0.516. The van der Waals surface area contributed by atoms with Crippen LogP contribution in [-0.4, -0.2) is 32.8 Å². The van der Waals surface area contributed by atoms with Gasteiger partial charge in [-0.15, -0.1) is 11.3 Å². The zero-order valence-electron chi connectivity index (χ0n) is 10.7. The zero-order chi connectivity index (χ0) is 13.1. The van der Waals surface area contributed by atoms with Crippen molar-refractivity contribution in [3.8, 4) is 0 Å². The monoisotopic (exact) mass is 264 g/mol. The van der Waals surface area contributed by atoms with Gasteiger partial charge in [0, 0.05) is 18.1 Å². The SMILES string of the molecule is CCc1cnc(CN(C)C(=O)c2cnc(C)[nH]2)s1. The maximum Gasteiger partial charge on any atom is 0.272 e. The Morgan fingerprint density at radius 2 is 2.22 bits per heavy atom. The second-order valence-corrected chi connectivity index (χ2v) is 5.32. The number of aromatic nitrogens is 3. The fraction of sp³-hybridized carbons (Fsp3) is 0.417. The topological polar surface area (TPSA) is 61.9 Å². The van der Waals surface area contributed by atoms with Crippen LogP contribution in [0.4, 0.5) is 0 Å². The number of H-pyrrole nitrogens is 1. The van der Waals surface area contributed by atoms with Gasteiger partial charge < -0.3 is 9.88 Å². The number of aryl methyl sites for hydroxylation is 2. The van der Waals surface area contributed by atoms with Crippen LogP contribution in [0.3, 0.4) is 0 Å². The summed E-state index contributed by atoms with van der Waals surface area (Å²) >= 11 is 1.65. The Morgan fingerprint density at radius 1 is 1.44 bits per heavy atom. The number of aromatic amines is 1. The van der Waals surface area contributed by atoms with E-state index in [9.17, 15) is 4.79 Å². The van der Waals surface area contributed by atoms with Crippen LogP contribution in [0.1, 0.15) is 33.1 Å². The zero-order valence-corrected chi connectivity index (χ0v) is 11.5. The molecular weight excluding hydrogens is 248 g/mol. The van der Waals surface area contributed by atoms with E-state index >= 15 is 0 Å². The first-order chi connectivity index (χ1) is 8.60. The van der Waals surface area contributed by atoms with Crippen molar-refractivity contribution in [3.63, 3.8) is 0 Å². The molecule has 2 aromatic heterocycles. The quantitative estimate of drug-likeness (QED) is 0.918. The average molecular weight is 264 g/mol. The molecule has 0 unspecified atom stereocenters. The number of hydrogen-bond acceptors (Lipinski definition) is 4. The van der Waals surface area contributed by atoms with Crippen molar-refractivity contribution in [2.24, 2.45) is 0 Å². The first-order valence-corrected chi connectivity index (χ1v) is 6.62. The Morgan fingerprint density at radius 3 is 2.78 bits per heavy atom. The number of carbonyl (C=O) groups excluding carboxylic acids is 1. The van der Waals surface area contributed by atoms with Gasteiger partial charge in [-0.3, -0.25) is 4.79 Å². The lowest BCUT2D eigenvalue weighted by Crippen LogP contribution is -2.26. The molecule has 0 spiro atoms. The highest BCUT2D eigenvalue weighted by atomic mass is 32.1. The first-order valence-electron chi connectivity index (χ1n) is 5.80. The average Bonchev–Trinajstić information content (AvgIpc) is 2.97. The normalized spacial score (nSPS) is 10.6. The predicted molar refractivity (Wildman–Crippen MR) is 70.6 cm³/mol. The minimum atomic E-state index is -0.0659. The van der Waals surface area contributed by atoms with Crippen LogP contribution >= 0.6 is 11.3 Å². The molecule has 6 heteroatoms. The summed E-state index contributed by atoms with van der Waals surface area (Å²) in [6.45, 7) is 4.45. The van der Waals surface area contributed by atoms with E-state index in [4.69, 9.17) is 0 Å². The summed E-state index contributed by atoms with van der Waals surface area (Å²) in [4.78, 5) is 26.2. The Hall–Kier alpha value is -1.69. The van der Waals surface area contributed by atoms with Gasteiger partial charge in [0.1, 0.15) is 16.5 Å². The van der Waals surface area contributed by atoms with Gasteiger partial charge in [-0.25, -0.2) is 9.97 Å². The molecule has 0 atom stereocenters. The first kappa shape index (κ1) is 12.8. The Kier molecular flexibility index (Phi) is 3.76. The highest BCUT2D eigenvalue weighted by Crippen LogP contribution is 2.15. The number of hydrogen-bond donors (Lipinski definition) is 1. The van der Waals surface area contributed by atoms with Gasteiger partial charge in [-0.2, -0.15) is 0 Å². The summed E-state index contributed by atoms with van der Waals surface area (Å²) in [6, 6.07) is 0. The van der Waals surface area contributed by atoms with E-state index in [1.165, 1.54) is 4.88 Å². The van der Waals surface area contributed by atoms with Crippen molar-refractivity contribution in [2.75, 3.05) is 7.05 Å². The number of thiazole rings is 1. The molecule has 0 saturated heterocycles. The summed E-state index contributed by atoms with van der Waals surface area (Å²) in [7, 11) is 1.77. The third-order valence-corrected chi connectivity index (χ3v) is 3.73. The fourth-order valence-electron chi connectivity index (χ4n) is 1.59. The number of imidazole rings is 1. The molecular formula is C12H16N4OS. The van der Waals surface area contributed by atoms with Crippen LogP contribution in [-0.2, 0) is 13.0 Å². The van der Waals surface area contributed by atoms with E-state index in [0.717, 1.165) is 17.3 Å². The highest BCUT2D eigenvalue weighted by molar-refractivity contribution is 7.11. The van der Waals surface area contributed by atoms with Crippen molar-refractivity contribution in [2.45, 2.75) is 26.8 Å². The predicted octanol–water partition coefficient (Wildman–Crippen LogP) is 2.01. The minimum Gasteiger partial charge on any atom is -0.338 e. The maximum atomic E-state index is 12.1. The lowest BCUT2D eigenvalue weighted by Gasteiger charge is -2.14. The van der Waals surface area contributed by atoms with Crippen LogP contribution in [0.5, 0.6) is 0 Å². The molecule has 0 aliphatic heterocycles. The number of nitrogens with zero attached hydrogens (tertiary/aromatic N) is 3. The second kappa shape index (κ2) is 5.30. The Labute approximate surface area is 110 Å². The van der Waals surface area contributed by atoms with Crippen molar-refractivity contribution >= 4 is 17.2 Å².